The summed E-state index contributed by atoms with van der Waals surface area (Å²) in [7, 11) is 0. The Kier molecular flexibility index (Phi) is 5.22. The van der Waals surface area contributed by atoms with E-state index in [1.54, 1.807) is 6.07 Å². The van der Waals surface area contributed by atoms with E-state index in [0.29, 0.717) is 29.9 Å². The second kappa shape index (κ2) is 7.43. The number of aryl methyl sites for hydroxylation is 2. The van der Waals surface area contributed by atoms with Crippen LogP contribution in [0.2, 0.25) is 0 Å². The third-order valence-electron chi connectivity index (χ3n) is 4.32. The lowest BCUT2D eigenvalue weighted by Crippen LogP contribution is -2.28. The van der Waals surface area contributed by atoms with Crippen molar-refractivity contribution in [2.75, 3.05) is 12.3 Å². The number of anilines is 1. The molecule has 142 valence electrons. The molecule has 8 nitrogen and oxygen atoms in total. The Balaban J connectivity index is 1.70. The van der Waals surface area contributed by atoms with Gasteiger partial charge < -0.3 is 16.0 Å². The first-order chi connectivity index (χ1) is 12.8. The third kappa shape index (κ3) is 3.97. The molecule has 0 aliphatic rings. The van der Waals surface area contributed by atoms with Gasteiger partial charge in [0.25, 0.3) is 11.5 Å². The monoisotopic (exact) mass is 386 g/mol. The molecule has 0 saturated carbocycles. The van der Waals surface area contributed by atoms with Crippen molar-refractivity contribution in [3.63, 3.8) is 0 Å². The minimum Gasteiger partial charge on any atom is -0.368 e. The van der Waals surface area contributed by atoms with Gasteiger partial charge in [-0.3, -0.25) is 9.59 Å². The molecule has 27 heavy (non-hydrogen) atoms. The molecule has 3 aromatic rings. The fourth-order valence-electron chi connectivity index (χ4n) is 2.70. The molecule has 0 aliphatic carbocycles. The lowest BCUT2D eigenvalue weighted by molar-refractivity contribution is 0.0949. The standard InChI is InChI=1S/C18H22N6O2S/c1-8(2)11-7-12(22-18(19)21-11)15(25)20-6-5-13-23-16(26)14-9(3)10(4)27-17(14)24-13/h7-8H,5-6H2,1-4H3,(H,20,25)(H2,19,21,22)(H,23,24,26). The summed E-state index contributed by atoms with van der Waals surface area (Å²) in [6.07, 6.45) is 0.407. The molecule has 9 heteroatoms. The highest BCUT2D eigenvalue weighted by atomic mass is 32.1. The average molecular weight is 386 g/mol. The zero-order valence-electron chi connectivity index (χ0n) is 15.7. The number of thiophene rings is 1. The molecule has 0 bridgehead atoms. The highest BCUT2D eigenvalue weighted by molar-refractivity contribution is 7.18. The van der Waals surface area contributed by atoms with E-state index in [0.717, 1.165) is 15.3 Å². The summed E-state index contributed by atoms with van der Waals surface area (Å²) < 4.78 is 0. The molecule has 3 heterocycles. The van der Waals surface area contributed by atoms with E-state index in [9.17, 15) is 9.59 Å². The van der Waals surface area contributed by atoms with Gasteiger partial charge in [-0.15, -0.1) is 11.3 Å². The van der Waals surface area contributed by atoms with E-state index in [1.165, 1.54) is 11.3 Å². The number of amides is 1. The van der Waals surface area contributed by atoms with Gasteiger partial charge in [-0.25, -0.2) is 15.0 Å². The van der Waals surface area contributed by atoms with Gasteiger partial charge in [-0.05, 0) is 31.4 Å². The smallest absolute Gasteiger partial charge is 0.270 e. The van der Waals surface area contributed by atoms with E-state index < -0.39 is 0 Å². The number of aromatic nitrogens is 4. The Hall–Kier alpha value is -2.81. The number of carbonyl (C=O) groups is 1. The quantitative estimate of drug-likeness (QED) is 0.616. The summed E-state index contributed by atoms with van der Waals surface area (Å²) in [4.78, 5) is 41.8. The van der Waals surface area contributed by atoms with Crippen molar-refractivity contribution >= 4 is 33.4 Å². The zero-order chi connectivity index (χ0) is 19.7. The first-order valence-electron chi connectivity index (χ1n) is 8.67. The van der Waals surface area contributed by atoms with Crippen molar-refractivity contribution in [3.8, 4) is 0 Å². The number of nitrogens with one attached hydrogen (secondary N) is 2. The van der Waals surface area contributed by atoms with Crippen LogP contribution < -0.4 is 16.6 Å². The maximum Gasteiger partial charge on any atom is 0.270 e. The Labute approximate surface area is 160 Å². The SMILES string of the molecule is Cc1sc2nc(CCNC(=O)c3cc(C(C)C)nc(N)n3)[nH]c(=O)c2c1C. The number of nitrogens with two attached hydrogens (primary N) is 1. The summed E-state index contributed by atoms with van der Waals surface area (Å²) in [6.45, 7) is 8.15. The fraction of sp³-hybridized carbons (Fsp3) is 0.389. The van der Waals surface area contributed by atoms with Gasteiger partial charge in [-0.1, -0.05) is 13.8 Å². The Bertz CT molecular complexity index is 1070. The number of hydrogen-bond donors (Lipinski definition) is 3. The maximum atomic E-state index is 12.3. The molecule has 0 aliphatic heterocycles. The van der Waals surface area contributed by atoms with Crippen LogP contribution in [-0.4, -0.2) is 32.4 Å². The molecule has 3 rings (SSSR count). The number of nitrogens with zero attached hydrogens (tertiary/aromatic N) is 3. The lowest BCUT2D eigenvalue weighted by atomic mass is 10.1. The van der Waals surface area contributed by atoms with Gasteiger partial charge in [0.2, 0.25) is 5.95 Å². The van der Waals surface area contributed by atoms with Crippen LogP contribution in [0.4, 0.5) is 5.95 Å². The molecule has 0 aromatic carbocycles. The molecule has 0 fully saturated rings. The van der Waals surface area contributed by atoms with E-state index in [-0.39, 0.29) is 29.0 Å². The predicted molar refractivity (Wildman–Crippen MR) is 106 cm³/mol. The van der Waals surface area contributed by atoms with Crippen LogP contribution >= 0.6 is 11.3 Å². The normalized spacial score (nSPS) is 11.3. The van der Waals surface area contributed by atoms with Crippen molar-refractivity contribution < 1.29 is 4.79 Å². The second-order valence-corrected chi connectivity index (χ2v) is 7.88. The lowest BCUT2D eigenvalue weighted by Gasteiger charge is -2.09. The highest BCUT2D eigenvalue weighted by Gasteiger charge is 2.14. The van der Waals surface area contributed by atoms with Crippen molar-refractivity contribution in [3.05, 3.63) is 44.1 Å². The van der Waals surface area contributed by atoms with Crippen molar-refractivity contribution in [1.29, 1.82) is 0 Å². The summed E-state index contributed by atoms with van der Waals surface area (Å²) in [5.41, 5.74) is 7.45. The summed E-state index contributed by atoms with van der Waals surface area (Å²) in [5.74, 6) is 0.420. The fourth-order valence-corrected chi connectivity index (χ4v) is 3.75. The minimum atomic E-state index is -0.336. The number of aromatic amines is 1. The Morgan fingerprint density at radius 1 is 1.30 bits per heavy atom. The first kappa shape index (κ1) is 19.0. The van der Waals surface area contributed by atoms with Crippen molar-refractivity contribution in [1.82, 2.24) is 25.3 Å². The predicted octanol–water partition coefficient (Wildman–Crippen LogP) is 2.07. The van der Waals surface area contributed by atoms with Crippen molar-refractivity contribution in [2.45, 2.75) is 40.0 Å². The van der Waals surface area contributed by atoms with Gasteiger partial charge in [0.05, 0.1) is 5.39 Å². The van der Waals surface area contributed by atoms with Crippen LogP contribution in [0.15, 0.2) is 10.9 Å². The van der Waals surface area contributed by atoms with Crippen LogP contribution in [0, 0.1) is 13.8 Å². The number of fused-ring (bicyclic) bond motifs is 1. The molecular weight excluding hydrogens is 364 g/mol. The molecule has 4 N–H and O–H groups in total. The van der Waals surface area contributed by atoms with E-state index in [2.05, 4.69) is 25.3 Å². The third-order valence-corrected chi connectivity index (χ3v) is 5.42. The van der Waals surface area contributed by atoms with Gasteiger partial charge in [0.15, 0.2) is 0 Å². The molecule has 3 aromatic heterocycles. The minimum absolute atomic E-state index is 0.0752. The van der Waals surface area contributed by atoms with Crippen LogP contribution in [0.5, 0.6) is 0 Å². The number of nitrogen functional groups attached to an aromatic ring is 1. The van der Waals surface area contributed by atoms with Crippen LogP contribution in [0.3, 0.4) is 0 Å². The summed E-state index contributed by atoms with van der Waals surface area (Å²) in [6, 6.07) is 1.64. The van der Waals surface area contributed by atoms with Gasteiger partial charge in [-0.2, -0.15) is 0 Å². The molecule has 0 radical (unpaired) electrons. The maximum absolute atomic E-state index is 12.3. The van der Waals surface area contributed by atoms with Crippen molar-refractivity contribution in [2.24, 2.45) is 0 Å². The van der Waals surface area contributed by atoms with E-state index in [4.69, 9.17) is 5.73 Å². The molecular formula is C18H22N6O2S. The number of H-pyrrole nitrogens is 1. The van der Waals surface area contributed by atoms with Gasteiger partial charge >= 0.3 is 0 Å². The topological polar surface area (TPSA) is 127 Å². The van der Waals surface area contributed by atoms with Crippen LogP contribution in [0.25, 0.3) is 10.2 Å². The summed E-state index contributed by atoms with van der Waals surface area (Å²) >= 11 is 1.50. The van der Waals surface area contributed by atoms with E-state index >= 15 is 0 Å². The van der Waals surface area contributed by atoms with Crippen LogP contribution in [0.1, 0.15) is 52.2 Å². The molecule has 0 atom stereocenters. The molecule has 1 amide bonds. The zero-order valence-corrected chi connectivity index (χ0v) is 16.5. The Morgan fingerprint density at radius 2 is 2.04 bits per heavy atom. The van der Waals surface area contributed by atoms with Crippen LogP contribution in [-0.2, 0) is 6.42 Å². The molecule has 0 saturated heterocycles. The summed E-state index contributed by atoms with van der Waals surface area (Å²) in [5, 5.41) is 3.42. The largest absolute Gasteiger partial charge is 0.368 e. The number of hydrogen-bond acceptors (Lipinski definition) is 7. The van der Waals surface area contributed by atoms with E-state index in [1.807, 2.05) is 27.7 Å². The second-order valence-electron chi connectivity index (χ2n) is 6.67. The molecule has 0 spiro atoms. The highest BCUT2D eigenvalue weighted by Crippen LogP contribution is 2.25. The Morgan fingerprint density at radius 3 is 2.74 bits per heavy atom. The average Bonchev–Trinajstić information content (AvgIpc) is 2.88. The number of carbonyl (C=O) groups excluding carboxylic acids is 1. The molecule has 0 unspecified atom stereocenters. The van der Waals surface area contributed by atoms with Gasteiger partial charge in [0.1, 0.15) is 16.3 Å². The number of rotatable bonds is 5. The first-order valence-corrected chi connectivity index (χ1v) is 9.49. The van der Waals surface area contributed by atoms with Gasteiger partial charge in [0, 0.05) is 23.5 Å².